The van der Waals surface area contributed by atoms with Crippen LogP contribution in [0.1, 0.15) is 40.5 Å². The maximum atomic E-state index is 12.6. The van der Waals surface area contributed by atoms with E-state index in [1.807, 2.05) is 0 Å². The summed E-state index contributed by atoms with van der Waals surface area (Å²) >= 11 is 0. The van der Waals surface area contributed by atoms with Crippen LogP contribution < -0.4 is 10.2 Å². The Morgan fingerprint density at radius 2 is 1.85 bits per heavy atom. The maximum absolute atomic E-state index is 12.6. The summed E-state index contributed by atoms with van der Waals surface area (Å²) in [5.74, 6) is -1.29. The SMILES string of the molecule is CCOc1[nH]c(/C=C2/C(=O)NN=C2CCc2ccc(O)cc2)c(C(=O)OC)c1CC(=O)OC. The molecular formula is C23H25N3O7. The molecule has 10 heteroatoms. The summed E-state index contributed by atoms with van der Waals surface area (Å²) in [6.45, 7) is 2.04. The average molecular weight is 455 g/mol. The second-order valence-corrected chi connectivity index (χ2v) is 7.12. The number of aromatic nitrogens is 1. The Morgan fingerprint density at radius 1 is 1.12 bits per heavy atom. The van der Waals surface area contributed by atoms with Gasteiger partial charge in [-0.25, -0.2) is 10.2 Å². The molecular weight excluding hydrogens is 430 g/mol. The molecule has 0 saturated carbocycles. The molecule has 174 valence electrons. The summed E-state index contributed by atoms with van der Waals surface area (Å²) in [7, 11) is 2.47. The maximum Gasteiger partial charge on any atom is 0.340 e. The number of hydrogen-bond acceptors (Lipinski definition) is 8. The van der Waals surface area contributed by atoms with Crippen LogP contribution in [0.15, 0.2) is 34.9 Å². The minimum Gasteiger partial charge on any atom is -0.508 e. The van der Waals surface area contributed by atoms with E-state index < -0.39 is 17.8 Å². The molecule has 3 N–H and O–H groups in total. The molecule has 1 aliphatic heterocycles. The molecule has 2 aromatic rings. The van der Waals surface area contributed by atoms with Gasteiger partial charge in [0.15, 0.2) is 5.88 Å². The minimum absolute atomic E-state index is 0.0800. The predicted octanol–water partition coefficient (Wildman–Crippen LogP) is 2.12. The second kappa shape index (κ2) is 10.5. The van der Waals surface area contributed by atoms with E-state index in [1.165, 1.54) is 20.3 Å². The van der Waals surface area contributed by atoms with Crippen LogP contribution in [0.5, 0.6) is 11.6 Å². The van der Waals surface area contributed by atoms with Gasteiger partial charge in [-0.3, -0.25) is 9.59 Å². The lowest BCUT2D eigenvalue weighted by molar-refractivity contribution is -0.139. The van der Waals surface area contributed by atoms with Crippen LogP contribution in [0.4, 0.5) is 0 Å². The van der Waals surface area contributed by atoms with Gasteiger partial charge in [0.25, 0.3) is 5.91 Å². The number of esters is 2. The Morgan fingerprint density at radius 3 is 2.48 bits per heavy atom. The third-order valence-electron chi connectivity index (χ3n) is 5.04. The van der Waals surface area contributed by atoms with Crippen LogP contribution in [0.3, 0.4) is 0 Å². The third kappa shape index (κ3) is 5.40. The van der Waals surface area contributed by atoms with Crippen molar-refractivity contribution in [3.05, 3.63) is 52.2 Å². The number of phenolic OH excluding ortho intramolecular Hbond substituents is 1. The van der Waals surface area contributed by atoms with E-state index in [1.54, 1.807) is 31.2 Å². The van der Waals surface area contributed by atoms with E-state index in [0.29, 0.717) is 18.6 Å². The molecule has 1 aliphatic rings. The Hall–Kier alpha value is -4.08. The fourth-order valence-corrected chi connectivity index (χ4v) is 3.41. The van der Waals surface area contributed by atoms with E-state index in [0.717, 1.165) is 5.56 Å². The summed E-state index contributed by atoms with van der Waals surface area (Å²) in [5, 5.41) is 13.5. The van der Waals surface area contributed by atoms with Crippen molar-refractivity contribution < 1.29 is 33.7 Å². The van der Waals surface area contributed by atoms with E-state index in [4.69, 9.17) is 14.2 Å². The number of nitrogens with one attached hydrogen (secondary N) is 2. The zero-order chi connectivity index (χ0) is 24.0. The monoisotopic (exact) mass is 455 g/mol. The summed E-state index contributed by atoms with van der Waals surface area (Å²) in [4.78, 5) is 40.0. The van der Waals surface area contributed by atoms with E-state index >= 15 is 0 Å². The molecule has 2 heterocycles. The molecule has 0 spiro atoms. The summed E-state index contributed by atoms with van der Waals surface area (Å²) < 4.78 is 15.2. The van der Waals surface area contributed by atoms with Gasteiger partial charge in [0.2, 0.25) is 0 Å². The van der Waals surface area contributed by atoms with Gasteiger partial charge in [-0.1, -0.05) is 12.1 Å². The van der Waals surface area contributed by atoms with Crippen LogP contribution in [-0.4, -0.2) is 54.5 Å². The zero-order valence-corrected chi connectivity index (χ0v) is 18.6. The average Bonchev–Trinajstić information content (AvgIpc) is 3.33. The first-order chi connectivity index (χ1) is 15.9. The van der Waals surface area contributed by atoms with Crippen LogP contribution in [0, 0.1) is 0 Å². The van der Waals surface area contributed by atoms with Crippen LogP contribution >= 0.6 is 0 Å². The van der Waals surface area contributed by atoms with Crippen molar-refractivity contribution in [1.82, 2.24) is 10.4 Å². The van der Waals surface area contributed by atoms with E-state index in [-0.39, 0.29) is 47.1 Å². The molecule has 1 amide bonds. The number of phenols is 1. The summed E-state index contributed by atoms with van der Waals surface area (Å²) in [6, 6.07) is 6.76. The van der Waals surface area contributed by atoms with Crippen LogP contribution in [-0.2, 0) is 31.9 Å². The quantitative estimate of drug-likeness (QED) is 0.389. The Labute approximate surface area is 190 Å². The largest absolute Gasteiger partial charge is 0.508 e. The number of amides is 1. The molecule has 0 unspecified atom stereocenters. The third-order valence-corrected chi connectivity index (χ3v) is 5.04. The zero-order valence-electron chi connectivity index (χ0n) is 18.6. The van der Waals surface area contributed by atoms with Gasteiger partial charge in [0, 0.05) is 5.56 Å². The molecule has 0 aliphatic carbocycles. The number of ether oxygens (including phenoxy) is 3. The first kappa shape index (κ1) is 23.6. The van der Waals surface area contributed by atoms with Gasteiger partial charge >= 0.3 is 11.9 Å². The lowest BCUT2D eigenvalue weighted by Gasteiger charge is -2.06. The van der Waals surface area contributed by atoms with E-state index in [9.17, 15) is 19.5 Å². The number of carbonyl (C=O) groups excluding carboxylic acids is 3. The molecule has 0 radical (unpaired) electrons. The number of aromatic hydroxyl groups is 1. The molecule has 3 rings (SSSR count). The lowest BCUT2D eigenvalue weighted by Crippen LogP contribution is -2.14. The van der Waals surface area contributed by atoms with Crippen molar-refractivity contribution in [3.8, 4) is 11.6 Å². The number of H-pyrrole nitrogens is 1. The molecule has 0 saturated heterocycles. The normalized spacial score (nSPS) is 14.1. The molecule has 1 aromatic heterocycles. The number of aromatic amines is 1. The van der Waals surface area contributed by atoms with Gasteiger partial charge in [0.05, 0.1) is 49.8 Å². The van der Waals surface area contributed by atoms with Crippen molar-refractivity contribution in [2.75, 3.05) is 20.8 Å². The number of benzene rings is 1. The van der Waals surface area contributed by atoms with Crippen molar-refractivity contribution in [3.63, 3.8) is 0 Å². The van der Waals surface area contributed by atoms with Gasteiger partial charge in [-0.2, -0.15) is 5.10 Å². The molecule has 33 heavy (non-hydrogen) atoms. The van der Waals surface area contributed by atoms with Crippen molar-refractivity contribution >= 4 is 29.6 Å². The number of aryl methyl sites for hydroxylation is 1. The van der Waals surface area contributed by atoms with E-state index in [2.05, 4.69) is 15.5 Å². The van der Waals surface area contributed by atoms with Crippen molar-refractivity contribution in [1.29, 1.82) is 0 Å². The minimum atomic E-state index is -0.691. The fourth-order valence-electron chi connectivity index (χ4n) is 3.41. The molecule has 0 atom stereocenters. The number of nitrogens with zero attached hydrogens (tertiary/aromatic N) is 1. The highest BCUT2D eigenvalue weighted by Gasteiger charge is 2.29. The molecule has 0 bridgehead atoms. The number of hydrazone groups is 1. The smallest absolute Gasteiger partial charge is 0.340 e. The van der Waals surface area contributed by atoms with Gasteiger partial charge in [-0.15, -0.1) is 0 Å². The standard InChI is InChI=1S/C23H25N3O7/c1-4-33-22-16(12-19(28)31-2)20(23(30)32-3)18(24-22)11-15-17(25-26-21(15)29)10-7-13-5-8-14(27)9-6-13/h5-6,8-9,11,24,27H,4,7,10,12H2,1-3H3,(H,26,29)/b15-11+. The highest BCUT2D eigenvalue weighted by atomic mass is 16.5. The van der Waals surface area contributed by atoms with Gasteiger partial charge in [0.1, 0.15) is 5.75 Å². The highest BCUT2D eigenvalue weighted by molar-refractivity contribution is 6.27. The first-order valence-electron chi connectivity index (χ1n) is 10.3. The van der Waals surface area contributed by atoms with Gasteiger partial charge in [-0.05, 0) is 43.5 Å². The van der Waals surface area contributed by atoms with Gasteiger partial charge < -0.3 is 24.3 Å². The van der Waals surface area contributed by atoms with Crippen LogP contribution in [0.2, 0.25) is 0 Å². The van der Waals surface area contributed by atoms with Crippen molar-refractivity contribution in [2.24, 2.45) is 5.10 Å². The topological polar surface area (TPSA) is 139 Å². The highest BCUT2D eigenvalue weighted by Crippen LogP contribution is 2.30. The Kier molecular flexibility index (Phi) is 7.50. The number of carbonyl (C=O) groups is 3. The lowest BCUT2D eigenvalue weighted by atomic mass is 10.00. The molecule has 10 nitrogen and oxygen atoms in total. The molecule has 1 aromatic carbocycles. The Bertz CT molecular complexity index is 1110. The number of rotatable bonds is 9. The number of methoxy groups -OCH3 is 2. The predicted molar refractivity (Wildman–Crippen MR) is 119 cm³/mol. The molecule has 0 fully saturated rings. The van der Waals surface area contributed by atoms with Crippen LogP contribution in [0.25, 0.3) is 6.08 Å². The number of hydrogen-bond donors (Lipinski definition) is 3. The summed E-state index contributed by atoms with van der Waals surface area (Å²) in [6.07, 6.45) is 2.30. The Balaban J connectivity index is 1.97. The fraction of sp³-hybridized carbons (Fsp3) is 0.304. The second-order valence-electron chi connectivity index (χ2n) is 7.12. The van der Waals surface area contributed by atoms with Crippen molar-refractivity contribution in [2.45, 2.75) is 26.2 Å². The first-order valence-corrected chi connectivity index (χ1v) is 10.3. The summed E-state index contributed by atoms with van der Waals surface area (Å²) in [5.41, 5.74) is 4.80.